The molecule has 35 heavy (non-hydrogen) atoms. The van der Waals surface area contributed by atoms with Crippen molar-refractivity contribution < 1.29 is 24.2 Å². The Bertz CT molecular complexity index is 1100. The van der Waals surface area contributed by atoms with Gasteiger partial charge in [0, 0.05) is 43.9 Å². The molecule has 8 heteroatoms. The number of para-hydroxylation sites is 1. The van der Waals surface area contributed by atoms with Crippen LogP contribution in [0.15, 0.2) is 71.8 Å². The van der Waals surface area contributed by atoms with E-state index in [0.29, 0.717) is 12.2 Å². The minimum atomic E-state index is -1.26. The van der Waals surface area contributed by atoms with Gasteiger partial charge in [-0.15, -0.1) is 0 Å². The van der Waals surface area contributed by atoms with Gasteiger partial charge in [-0.2, -0.15) is 0 Å². The highest BCUT2D eigenvalue weighted by molar-refractivity contribution is 6.23. The second-order valence-electron chi connectivity index (χ2n) is 8.23. The summed E-state index contributed by atoms with van der Waals surface area (Å²) < 4.78 is 13.5. The van der Waals surface area contributed by atoms with E-state index in [-0.39, 0.29) is 5.82 Å². The monoisotopic (exact) mass is 479 g/mol. The summed E-state index contributed by atoms with van der Waals surface area (Å²) in [6, 6.07) is 15.1. The number of hydrogen-bond donors (Lipinski definition) is 2. The smallest absolute Gasteiger partial charge is 0.328 e. The molecule has 7 nitrogen and oxygen atoms in total. The molecule has 0 saturated carbocycles. The van der Waals surface area contributed by atoms with Gasteiger partial charge in [0.05, 0.1) is 5.69 Å². The summed E-state index contributed by atoms with van der Waals surface area (Å²) in [5, 5.41) is 15.6. The Kier molecular flexibility index (Phi) is 9.31. The van der Waals surface area contributed by atoms with Crippen LogP contribution in [0.4, 0.5) is 10.1 Å². The van der Waals surface area contributed by atoms with E-state index < -0.39 is 11.9 Å². The van der Waals surface area contributed by atoms with Crippen molar-refractivity contribution in [3.63, 3.8) is 0 Å². The molecule has 0 radical (unpaired) electrons. The number of halogens is 1. The highest BCUT2D eigenvalue weighted by Crippen LogP contribution is 2.30. The molecular formula is C27H30FN3O4. The molecule has 0 aromatic heterocycles. The molecule has 184 valence electrons. The number of rotatable bonds is 5. The summed E-state index contributed by atoms with van der Waals surface area (Å²) >= 11 is 0. The summed E-state index contributed by atoms with van der Waals surface area (Å²) in [7, 11) is 0. The van der Waals surface area contributed by atoms with Gasteiger partial charge in [-0.3, -0.25) is 4.90 Å². The maximum Gasteiger partial charge on any atom is 0.328 e. The van der Waals surface area contributed by atoms with Crippen LogP contribution in [0.1, 0.15) is 24.5 Å². The van der Waals surface area contributed by atoms with Gasteiger partial charge in [-0.25, -0.2) is 19.0 Å². The van der Waals surface area contributed by atoms with Gasteiger partial charge in [-0.05, 0) is 48.7 Å². The first-order valence-corrected chi connectivity index (χ1v) is 11.6. The number of benzene rings is 2. The summed E-state index contributed by atoms with van der Waals surface area (Å²) in [6.45, 7) is 7.45. The number of hydrogen-bond acceptors (Lipinski definition) is 5. The Morgan fingerprint density at radius 3 is 2.20 bits per heavy atom. The molecule has 1 fully saturated rings. The number of carbonyl (C=O) groups is 2. The lowest BCUT2D eigenvalue weighted by atomic mass is 10.0. The molecule has 2 aromatic carbocycles. The average Bonchev–Trinajstić information content (AvgIpc) is 3.04. The molecule has 0 spiro atoms. The topological polar surface area (TPSA) is 93.4 Å². The Balaban J connectivity index is 0.000000371. The van der Waals surface area contributed by atoms with E-state index in [0.717, 1.165) is 61.8 Å². The Hall–Kier alpha value is -3.78. The lowest BCUT2D eigenvalue weighted by Crippen LogP contribution is -2.49. The third-order valence-electron chi connectivity index (χ3n) is 5.72. The summed E-state index contributed by atoms with van der Waals surface area (Å²) in [5.41, 5.74) is 4.41. The predicted octanol–water partition coefficient (Wildman–Crippen LogP) is 4.23. The predicted molar refractivity (Wildman–Crippen MR) is 134 cm³/mol. The van der Waals surface area contributed by atoms with Crippen LogP contribution in [0.25, 0.3) is 5.57 Å². The SMILES string of the molecule is CCCN1CCN(C2=Nc3ccccc3CC=C2c2ccc(F)cc2)CC1.O=C(O)/C=C/C(=O)O. The van der Waals surface area contributed by atoms with Crippen LogP contribution in [0.2, 0.25) is 0 Å². The van der Waals surface area contributed by atoms with Crippen molar-refractivity contribution >= 4 is 29.0 Å². The highest BCUT2D eigenvalue weighted by Gasteiger charge is 2.24. The van der Waals surface area contributed by atoms with Crippen LogP contribution in [-0.4, -0.2) is 70.5 Å². The Labute approximate surface area is 204 Å². The van der Waals surface area contributed by atoms with Gasteiger partial charge in [0.1, 0.15) is 11.7 Å². The van der Waals surface area contributed by atoms with Crippen molar-refractivity contribution in [2.45, 2.75) is 19.8 Å². The van der Waals surface area contributed by atoms with E-state index in [1.165, 1.54) is 24.1 Å². The Morgan fingerprint density at radius 1 is 0.971 bits per heavy atom. The number of nitrogens with zero attached hydrogens (tertiary/aromatic N) is 3. The van der Waals surface area contributed by atoms with E-state index >= 15 is 0 Å². The van der Waals surface area contributed by atoms with Crippen molar-refractivity contribution in [3.8, 4) is 0 Å². The number of aliphatic imine (C=N–C) groups is 1. The zero-order valence-electron chi connectivity index (χ0n) is 19.7. The number of carboxylic acid groups (broad SMARTS) is 2. The number of piperazine rings is 1. The van der Waals surface area contributed by atoms with E-state index in [4.69, 9.17) is 15.2 Å². The summed E-state index contributed by atoms with van der Waals surface area (Å²) in [6.07, 6.45) is 5.39. The van der Waals surface area contributed by atoms with Crippen LogP contribution < -0.4 is 0 Å². The number of allylic oxidation sites excluding steroid dienone is 1. The van der Waals surface area contributed by atoms with Crippen LogP contribution in [0.5, 0.6) is 0 Å². The largest absolute Gasteiger partial charge is 0.478 e. The second-order valence-corrected chi connectivity index (χ2v) is 8.23. The standard InChI is InChI=1S/C23H26FN3.C4H4O4/c1-2-13-26-14-16-27(17-15-26)23-21(18-7-10-20(24)11-8-18)12-9-19-5-3-4-6-22(19)25-23;5-3(6)1-2-4(7)8/h3-8,10-12H,2,9,13-17H2,1H3;1-2H,(H,5,6)(H,7,8)/b;2-1+. The lowest BCUT2D eigenvalue weighted by Gasteiger charge is -2.37. The molecular weight excluding hydrogens is 449 g/mol. The van der Waals surface area contributed by atoms with E-state index in [2.05, 4.69) is 41.0 Å². The van der Waals surface area contributed by atoms with Gasteiger partial charge in [-0.1, -0.05) is 43.3 Å². The first-order valence-electron chi connectivity index (χ1n) is 11.6. The molecule has 0 aliphatic carbocycles. The maximum absolute atomic E-state index is 13.5. The molecule has 2 N–H and O–H groups in total. The molecule has 0 bridgehead atoms. The fourth-order valence-corrected chi connectivity index (χ4v) is 4.03. The van der Waals surface area contributed by atoms with Gasteiger partial charge in [0.15, 0.2) is 0 Å². The molecule has 0 unspecified atom stereocenters. The zero-order chi connectivity index (χ0) is 25.2. The zero-order valence-corrected chi connectivity index (χ0v) is 19.7. The highest BCUT2D eigenvalue weighted by atomic mass is 19.1. The molecule has 4 rings (SSSR count). The van der Waals surface area contributed by atoms with Crippen LogP contribution in [0.3, 0.4) is 0 Å². The van der Waals surface area contributed by atoms with Gasteiger partial charge >= 0.3 is 11.9 Å². The van der Waals surface area contributed by atoms with Crippen molar-refractivity contribution in [3.05, 3.63) is 83.7 Å². The average molecular weight is 480 g/mol. The normalized spacial score (nSPS) is 15.9. The van der Waals surface area contributed by atoms with E-state index in [1.54, 1.807) is 0 Å². The first kappa shape index (κ1) is 25.8. The molecule has 0 atom stereocenters. The van der Waals surface area contributed by atoms with Crippen molar-refractivity contribution in [2.75, 3.05) is 32.7 Å². The third kappa shape index (κ3) is 7.61. The van der Waals surface area contributed by atoms with Crippen LogP contribution in [0, 0.1) is 5.82 Å². The summed E-state index contributed by atoms with van der Waals surface area (Å²) in [4.78, 5) is 29.1. The maximum atomic E-state index is 13.5. The van der Waals surface area contributed by atoms with E-state index in [1.807, 2.05) is 18.2 Å². The molecule has 1 saturated heterocycles. The molecule has 2 aliphatic rings. The quantitative estimate of drug-likeness (QED) is 0.624. The molecule has 2 aliphatic heterocycles. The first-order chi connectivity index (χ1) is 16.9. The van der Waals surface area contributed by atoms with Gasteiger partial charge in [0.2, 0.25) is 0 Å². The van der Waals surface area contributed by atoms with Crippen LogP contribution >= 0.6 is 0 Å². The second kappa shape index (κ2) is 12.6. The van der Waals surface area contributed by atoms with Gasteiger partial charge in [0.25, 0.3) is 0 Å². The number of carboxylic acids is 2. The minimum Gasteiger partial charge on any atom is -0.478 e. The van der Waals surface area contributed by atoms with E-state index in [9.17, 15) is 14.0 Å². The number of fused-ring (bicyclic) bond motifs is 1. The third-order valence-corrected chi connectivity index (χ3v) is 5.72. The van der Waals surface area contributed by atoms with Crippen molar-refractivity contribution in [2.24, 2.45) is 4.99 Å². The minimum absolute atomic E-state index is 0.206. The fraction of sp³-hybridized carbons (Fsp3) is 0.296. The number of aliphatic carboxylic acids is 2. The Morgan fingerprint density at radius 2 is 1.60 bits per heavy atom. The van der Waals surface area contributed by atoms with Crippen molar-refractivity contribution in [1.29, 1.82) is 0 Å². The van der Waals surface area contributed by atoms with Crippen molar-refractivity contribution in [1.82, 2.24) is 9.80 Å². The number of amidine groups is 1. The summed E-state index contributed by atoms with van der Waals surface area (Å²) in [5.74, 6) is -1.70. The fourth-order valence-electron chi connectivity index (χ4n) is 4.03. The van der Waals surface area contributed by atoms with Crippen LogP contribution in [-0.2, 0) is 16.0 Å². The molecule has 2 aromatic rings. The lowest BCUT2D eigenvalue weighted by molar-refractivity contribution is -0.134. The van der Waals surface area contributed by atoms with Gasteiger partial charge < -0.3 is 15.1 Å². The molecule has 0 amide bonds. The molecule has 2 heterocycles.